The van der Waals surface area contributed by atoms with Crippen molar-refractivity contribution < 1.29 is 5.11 Å². The summed E-state index contributed by atoms with van der Waals surface area (Å²) in [7, 11) is 0. The summed E-state index contributed by atoms with van der Waals surface area (Å²) in [4.78, 5) is 0. The van der Waals surface area contributed by atoms with Crippen LogP contribution in [0.15, 0.2) is 41.2 Å². The lowest BCUT2D eigenvalue weighted by atomic mass is 9.87. The SMILES string of the molecule is CC1=C=CCC(C)(C)C=CC(O)C(C)=CCC1. The van der Waals surface area contributed by atoms with Gasteiger partial charge in [-0.3, -0.25) is 0 Å². The third kappa shape index (κ3) is 5.21. The fourth-order valence-corrected chi connectivity index (χ4v) is 1.77. The molecule has 0 spiro atoms. The molecule has 17 heavy (non-hydrogen) atoms. The largest absolute Gasteiger partial charge is 0.385 e. The van der Waals surface area contributed by atoms with E-state index in [1.165, 1.54) is 5.57 Å². The van der Waals surface area contributed by atoms with Crippen molar-refractivity contribution in [3.63, 3.8) is 0 Å². The van der Waals surface area contributed by atoms with Crippen molar-refractivity contribution in [3.05, 3.63) is 41.2 Å². The smallest absolute Gasteiger partial charge is 0.0929 e. The normalized spacial score (nSPS) is 25.6. The minimum absolute atomic E-state index is 0.0771. The first kappa shape index (κ1) is 14.0. The van der Waals surface area contributed by atoms with Crippen molar-refractivity contribution in [2.24, 2.45) is 5.41 Å². The molecule has 1 nitrogen and oxygen atoms in total. The fourth-order valence-electron chi connectivity index (χ4n) is 1.77. The van der Waals surface area contributed by atoms with E-state index in [1.54, 1.807) is 0 Å². The average Bonchev–Trinajstić information content (AvgIpc) is 2.24. The maximum absolute atomic E-state index is 9.97. The Morgan fingerprint density at radius 2 is 2.06 bits per heavy atom. The number of hydrogen-bond donors (Lipinski definition) is 1. The Bertz CT molecular complexity index is 376. The van der Waals surface area contributed by atoms with E-state index in [0.717, 1.165) is 24.8 Å². The molecule has 0 radical (unpaired) electrons. The molecule has 0 aromatic heterocycles. The third-order valence-electron chi connectivity index (χ3n) is 3.16. The topological polar surface area (TPSA) is 20.2 Å². The van der Waals surface area contributed by atoms with Crippen LogP contribution in [-0.4, -0.2) is 11.2 Å². The summed E-state index contributed by atoms with van der Waals surface area (Å²) >= 11 is 0. The van der Waals surface area contributed by atoms with Crippen LogP contribution >= 0.6 is 0 Å². The molecule has 0 bridgehead atoms. The van der Waals surface area contributed by atoms with Crippen molar-refractivity contribution in [3.8, 4) is 0 Å². The monoisotopic (exact) mass is 232 g/mol. The van der Waals surface area contributed by atoms with E-state index in [2.05, 4.69) is 44.7 Å². The predicted octanol–water partition coefficient (Wildman–Crippen LogP) is 4.16. The van der Waals surface area contributed by atoms with Crippen LogP contribution in [0.2, 0.25) is 0 Å². The van der Waals surface area contributed by atoms with Crippen LogP contribution in [0.4, 0.5) is 0 Å². The zero-order valence-corrected chi connectivity index (χ0v) is 11.5. The average molecular weight is 232 g/mol. The molecule has 0 heterocycles. The van der Waals surface area contributed by atoms with Gasteiger partial charge in [-0.2, -0.15) is 0 Å². The van der Waals surface area contributed by atoms with Crippen LogP contribution in [0.3, 0.4) is 0 Å². The van der Waals surface area contributed by atoms with Gasteiger partial charge in [-0.05, 0) is 55.7 Å². The Hall–Kier alpha value is -1.04. The number of rotatable bonds is 0. The molecule has 1 N–H and O–H groups in total. The Labute approximate surface area is 105 Å². The lowest BCUT2D eigenvalue weighted by Gasteiger charge is -2.18. The minimum Gasteiger partial charge on any atom is -0.385 e. The highest BCUT2D eigenvalue weighted by Crippen LogP contribution is 2.24. The van der Waals surface area contributed by atoms with E-state index >= 15 is 0 Å². The molecule has 1 aliphatic rings. The highest BCUT2D eigenvalue weighted by atomic mass is 16.3. The van der Waals surface area contributed by atoms with Gasteiger partial charge in [-0.15, -0.1) is 5.73 Å². The van der Waals surface area contributed by atoms with Gasteiger partial charge >= 0.3 is 0 Å². The second-order valence-electron chi connectivity index (χ2n) is 5.61. The first-order chi connectivity index (χ1) is 7.91. The van der Waals surface area contributed by atoms with Gasteiger partial charge in [-0.1, -0.05) is 32.1 Å². The maximum atomic E-state index is 9.97. The maximum Gasteiger partial charge on any atom is 0.0929 e. The molecule has 0 fully saturated rings. The summed E-state index contributed by atoms with van der Waals surface area (Å²) in [6.45, 7) is 8.45. The van der Waals surface area contributed by atoms with Gasteiger partial charge in [0.05, 0.1) is 6.10 Å². The van der Waals surface area contributed by atoms with Crippen LogP contribution in [0, 0.1) is 5.41 Å². The van der Waals surface area contributed by atoms with Crippen LogP contribution in [-0.2, 0) is 0 Å². The predicted molar refractivity (Wildman–Crippen MR) is 73.8 cm³/mol. The Morgan fingerprint density at radius 3 is 2.76 bits per heavy atom. The number of allylic oxidation sites excluding steroid dienone is 3. The van der Waals surface area contributed by atoms with Crippen molar-refractivity contribution in [1.29, 1.82) is 0 Å². The first-order valence-electron chi connectivity index (χ1n) is 6.35. The molecule has 1 aliphatic carbocycles. The van der Waals surface area contributed by atoms with Crippen LogP contribution in [0.25, 0.3) is 0 Å². The molecule has 0 aliphatic heterocycles. The molecular weight excluding hydrogens is 208 g/mol. The lowest BCUT2D eigenvalue weighted by Crippen LogP contribution is -2.10. The molecule has 0 saturated heterocycles. The lowest BCUT2D eigenvalue weighted by molar-refractivity contribution is 0.256. The second kappa shape index (κ2) is 6.05. The Kier molecular flexibility index (Phi) is 4.99. The Balaban J connectivity index is 2.96. The molecule has 1 unspecified atom stereocenters. The molecule has 0 aromatic carbocycles. The molecule has 0 aromatic rings. The molecule has 1 heteroatoms. The summed E-state index contributed by atoms with van der Waals surface area (Å²) in [5.74, 6) is 0. The van der Waals surface area contributed by atoms with Crippen molar-refractivity contribution in [2.45, 2.75) is 53.1 Å². The highest BCUT2D eigenvalue weighted by molar-refractivity contribution is 5.16. The van der Waals surface area contributed by atoms with Gasteiger partial charge in [0.2, 0.25) is 0 Å². The Morgan fingerprint density at radius 1 is 1.35 bits per heavy atom. The molecule has 1 rings (SSSR count). The summed E-state index contributed by atoms with van der Waals surface area (Å²) < 4.78 is 0. The van der Waals surface area contributed by atoms with E-state index in [1.807, 2.05) is 13.0 Å². The van der Waals surface area contributed by atoms with Gasteiger partial charge in [0, 0.05) is 0 Å². The fraction of sp³-hybridized carbons (Fsp3) is 0.562. The summed E-state index contributed by atoms with van der Waals surface area (Å²) in [6.07, 6.45) is 10.7. The van der Waals surface area contributed by atoms with Crippen molar-refractivity contribution in [2.75, 3.05) is 0 Å². The summed E-state index contributed by atoms with van der Waals surface area (Å²) in [6, 6.07) is 0. The van der Waals surface area contributed by atoms with E-state index in [4.69, 9.17) is 0 Å². The van der Waals surface area contributed by atoms with Gasteiger partial charge in [0.25, 0.3) is 0 Å². The summed E-state index contributed by atoms with van der Waals surface area (Å²) in [5, 5.41) is 9.97. The standard InChI is InChI=1S/C16H24O/c1-13-7-5-9-14(2)15(17)10-12-16(3,4)11-6-8-13/h6,9-10,12,15,17H,5,7,11H2,1-4H3. The van der Waals surface area contributed by atoms with E-state index in [-0.39, 0.29) is 5.41 Å². The second-order valence-corrected chi connectivity index (χ2v) is 5.61. The summed E-state index contributed by atoms with van der Waals surface area (Å²) in [5.41, 5.74) is 5.74. The van der Waals surface area contributed by atoms with Gasteiger partial charge in [-0.25, -0.2) is 0 Å². The van der Waals surface area contributed by atoms with E-state index in [9.17, 15) is 5.11 Å². The quantitative estimate of drug-likeness (QED) is 0.491. The molecule has 94 valence electrons. The van der Waals surface area contributed by atoms with Crippen LogP contribution in [0.1, 0.15) is 47.0 Å². The molecule has 0 amide bonds. The third-order valence-corrected chi connectivity index (χ3v) is 3.16. The molecular formula is C16H24O. The minimum atomic E-state index is -0.443. The molecule has 1 atom stereocenters. The zero-order chi connectivity index (χ0) is 12.9. The zero-order valence-electron chi connectivity index (χ0n) is 11.5. The van der Waals surface area contributed by atoms with Gasteiger partial charge in [0.1, 0.15) is 0 Å². The molecule has 0 saturated carbocycles. The number of aliphatic hydroxyl groups is 1. The first-order valence-corrected chi connectivity index (χ1v) is 6.35. The van der Waals surface area contributed by atoms with Crippen LogP contribution < -0.4 is 0 Å². The van der Waals surface area contributed by atoms with Crippen LogP contribution in [0.5, 0.6) is 0 Å². The van der Waals surface area contributed by atoms with Gasteiger partial charge < -0.3 is 5.11 Å². The number of hydrogen-bond acceptors (Lipinski definition) is 1. The van der Waals surface area contributed by atoms with Gasteiger partial charge in [0.15, 0.2) is 0 Å². The van der Waals surface area contributed by atoms with Crippen molar-refractivity contribution >= 4 is 0 Å². The highest BCUT2D eigenvalue weighted by Gasteiger charge is 2.13. The number of aliphatic hydroxyl groups excluding tert-OH is 1. The van der Waals surface area contributed by atoms with Crippen molar-refractivity contribution in [1.82, 2.24) is 0 Å². The van der Waals surface area contributed by atoms with E-state index < -0.39 is 6.10 Å². The van der Waals surface area contributed by atoms with E-state index in [0.29, 0.717) is 0 Å².